The maximum atomic E-state index is 9.88. The first-order valence-corrected chi connectivity index (χ1v) is 6.00. The molecule has 0 aliphatic rings. The summed E-state index contributed by atoms with van der Waals surface area (Å²) in [4.78, 5) is 0. The molecule has 0 fully saturated rings. The molecule has 3 unspecified atom stereocenters. The lowest BCUT2D eigenvalue weighted by molar-refractivity contribution is 0.0435. The van der Waals surface area contributed by atoms with Crippen LogP contribution in [0.2, 0.25) is 0 Å². The zero-order valence-electron chi connectivity index (χ0n) is 9.87. The molecule has 0 radical (unpaired) electrons. The van der Waals surface area contributed by atoms with Gasteiger partial charge in [0, 0.05) is 6.61 Å². The second kappa shape index (κ2) is 8.25. The molecular weight excluding hydrogens is 176 g/mol. The summed E-state index contributed by atoms with van der Waals surface area (Å²) in [5.74, 6) is 0.985. The van der Waals surface area contributed by atoms with Gasteiger partial charge in [-0.05, 0) is 18.3 Å². The van der Waals surface area contributed by atoms with Gasteiger partial charge in [-0.1, -0.05) is 46.5 Å². The molecule has 0 spiro atoms. The molecule has 2 heteroatoms. The Bertz CT molecular complexity index is 125. The third kappa shape index (κ3) is 4.43. The van der Waals surface area contributed by atoms with Crippen LogP contribution in [0.25, 0.3) is 0 Å². The van der Waals surface area contributed by atoms with Gasteiger partial charge in [0.05, 0.1) is 6.10 Å². The van der Waals surface area contributed by atoms with Crippen LogP contribution in [0, 0.1) is 11.8 Å². The lowest BCUT2D eigenvalue weighted by atomic mass is 9.80. The van der Waals surface area contributed by atoms with E-state index in [1.54, 1.807) is 0 Å². The van der Waals surface area contributed by atoms with Gasteiger partial charge < -0.3 is 10.2 Å². The van der Waals surface area contributed by atoms with E-state index >= 15 is 0 Å². The fourth-order valence-corrected chi connectivity index (χ4v) is 2.36. The zero-order chi connectivity index (χ0) is 11.0. The molecule has 0 rings (SSSR count). The fraction of sp³-hybridized carbons (Fsp3) is 1.00. The quantitative estimate of drug-likeness (QED) is 0.635. The summed E-state index contributed by atoms with van der Waals surface area (Å²) in [7, 11) is 0. The summed E-state index contributed by atoms with van der Waals surface area (Å²) in [5.41, 5.74) is 0. The van der Waals surface area contributed by atoms with Gasteiger partial charge in [-0.25, -0.2) is 0 Å². The normalized spacial score (nSPS) is 17.8. The minimum atomic E-state index is -0.318. The summed E-state index contributed by atoms with van der Waals surface area (Å²) in [5, 5.41) is 18.7. The van der Waals surface area contributed by atoms with Crippen molar-refractivity contribution < 1.29 is 10.2 Å². The highest BCUT2D eigenvalue weighted by Crippen LogP contribution is 2.28. The predicted molar refractivity (Wildman–Crippen MR) is 60.2 cm³/mol. The first-order chi connectivity index (χ1) is 6.71. The molecule has 2 N–H and O–H groups in total. The van der Waals surface area contributed by atoms with Crippen molar-refractivity contribution >= 4 is 0 Å². The monoisotopic (exact) mass is 202 g/mol. The van der Waals surface area contributed by atoms with Crippen molar-refractivity contribution in [2.45, 2.75) is 59.0 Å². The number of hydrogen-bond donors (Lipinski definition) is 2. The molecule has 0 heterocycles. The Labute approximate surface area is 88.3 Å². The summed E-state index contributed by atoms with van der Waals surface area (Å²) in [6.45, 7) is 6.60. The van der Waals surface area contributed by atoms with Crippen LogP contribution >= 0.6 is 0 Å². The van der Waals surface area contributed by atoms with E-state index in [0.29, 0.717) is 18.3 Å². The Morgan fingerprint density at radius 3 is 2.00 bits per heavy atom. The van der Waals surface area contributed by atoms with Crippen molar-refractivity contribution in [2.24, 2.45) is 11.8 Å². The molecule has 0 bridgehead atoms. The van der Waals surface area contributed by atoms with Crippen molar-refractivity contribution in [3.63, 3.8) is 0 Å². The molecule has 0 aromatic rings. The van der Waals surface area contributed by atoms with E-state index in [4.69, 9.17) is 5.11 Å². The van der Waals surface area contributed by atoms with Gasteiger partial charge in [-0.15, -0.1) is 0 Å². The highest BCUT2D eigenvalue weighted by atomic mass is 16.3. The second-order valence-corrected chi connectivity index (χ2v) is 4.11. The van der Waals surface area contributed by atoms with Crippen LogP contribution in [0.4, 0.5) is 0 Å². The molecule has 86 valence electrons. The second-order valence-electron chi connectivity index (χ2n) is 4.11. The molecule has 0 aromatic carbocycles. The van der Waals surface area contributed by atoms with Gasteiger partial charge in [0.1, 0.15) is 0 Å². The number of aliphatic hydroxyl groups excluding tert-OH is 2. The zero-order valence-corrected chi connectivity index (χ0v) is 9.87. The Hall–Kier alpha value is -0.0800. The van der Waals surface area contributed by atoms with Crippen molar-refractivity contribution in [2.75, 3.05) is 6.61 Å². The van der Waals surface area contributed by atoms with Crippen LogP contribution < -0.4 is 0 Å². The van der Waals surface area contributed by atoms with Crippen LogP contribution in [0.5, 0.6) is 0 Å². The number of rotatable bonds is 8. The van der Waals surface area contributed by atoms with E-state index in [1.165, 1.54) is 12.8 Å². The summed E-state index contributed by atoms with van der Waals surface area (Å²) in [6, 6.07) is 0. The first-order valence-electron chi connectivity index (χ1n) is 6.00. The van der Waals surface area contributed by atoms with Gasteiger partial charge in [-0.3, -0.25) is 0 Å². The SMILES string of the molecule is CCCC(CC)C(CC)C(O)CCO. The van der Waals surface area contributed by atoms with Crippen LogP contribution in [0.15, 0.2) is 0 Å². The molecule has 14 heavy (non-hydrogen) atoms. The molecule has 2 nitrogen and oxygen atoms in total. The van der Waals surface area contributed by atoms with Crippen LogP contribution in [0.3, 0.4) is 0 Å². The highest BCUT2D eigenvalue weighted by molar-refractivity contribution is 4.74. The third-order valence-electron chi connectivity index (χ3n) is 3.18. The Kier molecular flexibility index (Phi) is 8.20. The lowest BCUT2D eigenvalue weighted by Gasteiger charge is -2.29. The Morgan fingerprint density at radius 1 is 1.00 bits per heavy atom. The van der Waals surface area contributed by atoms with Crippen molar-refractivity contribution in [3.8, 4) is 0 Å². The minimum absolute atomic E-state index is 0.0974. The number of hydrogen-bond acceptors (Lipinski definition) is 2. The molecule has 0 aromatic heterocycles. The smallest absolute Gasteiger partial charge is 0.0592 e. The molecule has 0 aliphatic heterocycles. The summed E-state index contributed by atoms with van der Waals surface area (Å²) in [6.07, 6.45) is 4.73. The largest absolute Gasteiger partial charge is 0.396 e. The average molecular weight is 202 g/mol. The Balaban J connectivity index is 4.18. The minimum Gasteiger partial charge on any atom is -0.396 e. The third-order valence-corrected chi connectivity index (χ3v) is 3.18. The Morgan fingerprint density at radius 2 is 1.64 bits per heavy atom. The van der Waals surface area contributed by atoms with Crippen LogP contribution in [-0.2, 0) is 0 Å². The van der Waals surface area contributed by atoms with Crippen LogP contribution in [0.1, 0.15) is 52.9 Å². The predicted octanol–water partition coefficient (Wildman–Crippen LogP) is 2.58. The lowest BCUT2D eigenvalue weighted by Crippen LogP contribution is -2.28. The van der Waals surface area contributed by atoms with Gasteiger partial charge in [0.25, 0.3) is 0 Å². The van der Waals surface area contributed by atoms with E-state index in [9.17, 15) is 5.11 Å². The number of aliphatic hydroxyl groups is 2. The van der Waals surface area contributed by atoms with Crippen molar-refractivity contribution in [3.05, 3.63) is 0 Å². The fourth-order valence-electron chi connectivity index (χ4n) is 2.36. The molecule has 0 saturated heterocycles. The summed E-state index contributed by atoms with van der Waals surface area (Å²) < 4.78 is 0. The van der Waals surface area contributed by atoms with Crippen LogP contribution in [-0.4, -0.2) is 22.9 Å². The average Bonchev–Trinajstić information content (AvgIpc) is 2.18. The van der Waals surface area contributed by atoms with Gasteiger partial charge in [0.15, 0.2) is 0 Å². The topological polar surface area (TPSA) is 40.5 Å². The van der Waals surface area contributed by atoms with E-state index in [-0.39, 0.29) is 12.7 Å². The maximum Gasteiger partial charge on any atom is 0.0592 e. The standard InChI is InChI=1S/C12H26O2/c1-4-7-10(5-2)11(6-3)12(14)8-9-13/h10-14H,4-9H2,1-3H3. The maximum absolute atomic E-state index is 9.88. The van der Waals surface area contributed by atoms with Crippen molar-refractivity contribution in [1.29, 1.82) is 0 Å². The van der Waals surface area contributed by atoms with Gasteiger partial charge >= 0.3 is 0 Å². The van der Waals surface area contributed by atoms with E-state index in [1.807, 2.05) is 0 Å². The van der Waals surface area contributed by atoms with E-state index in [0.717, 1.165) is 12.8 Å². The summed E-state index contributed by atoms with van der Waals surface area (Å²) >= 11 is 0. The highest BCUT2D eigenvalue weighted by Gasteiger charge is 2.24. The van der Waals surface area contributed by atoms with E-state index < -0.39 is 0 Å². The molecule has 0 amide bonds. The first kappa shape index (κ1) is 13.9. The van der Waals surface area contributed by atoms with Gasteiger partial charge in [-0.2, -0.15) is 0 Å². The van der Waals surface area contributed by atoms with Crippen molar-refractivity contribution in [1.82, 2.24) is 0 Å². The van der Waals surface area contributed by atoms with E-state index in [2.05, 4.69) is 20.8 Å². The van der Waals surface area contributed by atoms with Gasteiger partial charge in [0.2, 0.25) is 0 Å². The molecule has 3 atom stereocenters. The molecule has 0 saturated carbocycles. The molecule has 0 aliphatic carbocycles. The molecular formula is C12H26O2.